The third-order valence-corrected chi connectivity index (χ3v) is 4.10. The van der Waals surface area contributed by atoms with Crippen LogP contribution in [0.25, 0.3) is 0 Å². The van der Waals surface area contributed by atoms with Crippen LogP contribution in [0.15, 0.2) is 53.4 Å². The molecule has 0 bridgehead atoms. The highest BCUT2D eigenvalue weighted by atomic mass is 32.2. The van der Waals surface area contributed by atoms with E-state index < -0.39 is 21.8 Å². The number of hydrogen-bond donors (Lipinski definition) is 3. The van der Waals surface area contributed by atoms with Crippen LogP contribution < -0.4 is 15.8 Å². The summed E-state index contributed by atoms with van der Waals surface area (Å²) in [7, 11) is -3.84. The lowest BCUT2D eigenvalue weighted by molar-refractivity contribution is -0.132. The van der Waals surface area contributed by atoms with E-state index in [1.807, 2.05) is 0 Å². The van der Waals surface area contributed by atoms with Gasteiger partial charge in [0, 0.05) is 16.9 Å². The zero-order valence-corrected chi connectivity index (χ0v) is 14.0. The third kappa shape index (κ3) is 4.96. The van der Waals surface area contributed by atoms with Gasteiger partial charge in [-0.1, -0.05) is 12.1 Å². The molecule has 0 fully saturated rings. The molecule has 0 saturated heterocycles. The van der Waals surface area contributed by atoms with Gasteiger partial charge < -0.3 is 10.6 Å². The van der Waals surface area contributed by atoms with E-state index in [-0.39, 0.29) is 16.4 Å². The molecule has 0 saturated carbocycles. The smallest absolute Gasteiger partial charge is 0.314 e. The highest BCUT2D eigenvalue weighted by molar-refractivity contribution is 7.89. The molecule has 0 heterocycles. The van der Waals surface area contributed by atoms with Crippen molar-refractivity contribution in [2.24, 2.45) is 5.14 Å². The van der Waals surface area contributed by atoms with Gasteiger partial charge in [-0.15, -0.1) is 0 Å². The number of ketones is 1. The number of benzene rings is 2. The number of primary sulfonamides is 1. The number of carbonyl (C=O) groups excluding carboxylic acids is 3. The molecule has 2 rings (SSSR count). The third-order valence-electron chi connectivity index (χ3n) is 3.17. The molecule has 0 aliphatic carbocycles. The minimum absolute atomic E-state index is 0.115. The lowest BCUT2D eigenvalue weighted by atomic mass is 10.1. The fourth-order valence-electron chi connectivity index (χ4n) is 1.92. The summed E-state index contributed by atoms with van der Waals surface area (Å²) in [6.45, 7) is 1.39. The number of nitrogens with two attached hydrogens (primary N) is 1. The Bertz CT molecular complexity index is 936. The molecular weight excluding hydrogens is 346 g/mol. The Kier molecular flexibility index (Phi) is 5.30. The number of sulfonamides is 1. The monoisotopic (exact) mass is 361 g/mol. The maximum Gasteiger partial charge on any atom is 0.314 e. The summed E-state index contributed by atoms with van der Waals surface area (Å²) in [5.74, 6) is -2.05. The van der Waals surface area contributed by atoms with Crippen LogP contribution in [-0.4, -0.2) is 26.0 Å². The van der Waals surface area contributed by atoms with Gasteiger partial charge in [-0.05, 0) is 43.3 Å². The van der Waals surface area contributed by atoms with E-state index in [1.54, 1.807) is 18.2 Å². The highest BCUT2D eigenvalue weighted by Crippen LogP contribution is 2.14. The van der Waals surface area contributed by atoms with E-state index in [4.69, 9.17) is 5.14 Å². The topological polar surface area (TPSA) is 135 Å². The molecule has 0 aliphatic rings. The zero-order valence-electron chi connectivity index (χ0n) is 13.1. The van der Waals surface area contributed by atoms with Crippen LogP contribution in [-0.2, 0) is 19.6 Å². The minimum atomic E-state index is -3.84. The lowest BCUT2D eigenvalue weighted by Crippen LogP contribution is -2.29. The number of nitrogens with one attached hydrogen (secondary N) is 2. The second kappa shape index (κ2) is 7.24. The van der Waals surface area contributed by atoms with E-state index in [2.05, 4.69) is 10.6 Å². The molecule has 2 aromatic carbocycles. The largest absolute Gasteiger partial charge is 0.318 e. The van der Waals surface area contributed by atoms with Gasteiger partial charge in [0.1, 0.15) is 0 Å². The highest BCUT2D eigenvalue weighted by Gasteiger charge is 2.15. The molecule has 0 aromatic heterocycles. The van der Waals surface area contributed by atoms with Crippen molar-refractivity contribution in [3.63, 3.8) is 0 Å². The van der Waals surface area contributed by atoms with Crippen molar-refractivity contribution in [3.05, 3.63) is 54.1 Å². The molecule has 0 atom stereocenters. The van der Waals surface area contributed by atoms with Crippen molar-refractivity contribution in [3.8, 4) is 0 Å². The number of rotatable bonds is 4. The van der Waals surface area contributed by atoms with Crippen molar-refractivity contribution in [1.29, 1.82) is 0 Å². The Hall–Kier alpha value is -3.04. The molecule has 8 nitrogen and oxygen atoms in total. The molecule has 0 aliphatic heterocycles. The Balaban J connectivity index is 2.04. The minimum Gasteiger partial charge on any atom is -0.318 e. The summed E-state index contributed by atoms with van der Waals surface area (Å²) in [6.07, 6.45) is 0. The summed E-state index contributed by atoms with van der Waals surface area (Å²) in [6, 6.07) is 11.2. The molecule has 0 spiro atoms. The van der Waals surface area contributed by atoms with Crippen molar-refractivity contribution >= 4 is 39.0 Å². The molecule has 0 radical (unpaired) electrons. The van der Waals surface area contributed by atoms with Crippen LogP contribution in [0.2, 0.25) is 0 Å². The summed E-state index contributed by atoms with van der Waals surface area (Å²) in [5, 5.41) is 9.67. The second-order valence-corrected chi connectivity index (χ2v) is 6.68. The SMILES string of the molecule is CC(=O)c1cccc(NC(=O)C(=O)Nc2ccc(S(N)(=O)=O)cc2)c1. The standard InChI is InChI=1S/C16H15N3O5S/c1-10(20)11-3-2-4-13(9-11)19-16(22)15(21)18-12-5-7-14(8-6-12)25(17,23)24/h2-9H,1H3,(H,18,21)(H,19,22)(H2,17,23,24). The van der Waals surface area contributed by atoms with Crippen molar-refractivity contribution in [1.82, 2.24) is 0 Å². The molecule has 9 heteroatoms. The molecule has 2 amide bonds. The van der Waals surface area contributed by atoms with Crippen molar-refractivity contribution in [2.45, 2.75) is 11.8 Å². The molecule has 0 unspecified atom stereocenters. The lowest BCUT2D eigenvalue weighted by Gasteiger charge is -2.08. The maximum absolute atomic E-state index is 11.9. The predicted molar refractivity (Wildman–Crippen MR) is 91.5 cm³/mol. The first-order valence-electron chi connectivity index (χ1n) is 7.03. The summed E-state index contributed by atoms with van der Waals surface area (Å²) in [5.41, 5.74) is 0.930. The van der Waals surface area contributed by atoms with Gasteiger partial charge in [-0.3, -0.25) is 14.4 Å². The first kappa shape index (κ1) is 18.3. The molecule has 2 aromatic rings. The Morgan fingerprint density at radius 1 is 0.880 bits per heavy atom. The van der Waals surface area contributed by atoms with Gasteiger partial charge in [-0.2, -0.15) is 0 Å². The molecule has 130 valence electrons. The van der Waals surface area contributed by atoms with E-state index in [0.717, 1.165) is 0 Å². The fourth-order valence-corrected chi connectivity index (χ4v) is 2.44. The van der Waals surface area contributed by atoms with E-state index in [1.165, 1.54) is 37.3 Å². The van der Waals surface area contributed by atoms with Gasteiger partial charge >= 0.3 is 11.8 Å². The van der Waals surface area contributed by atoms with Gasteiger partial charge in [0.05, 0.1) is 4.90 Å². The fraction of sp³-hybridized carbons (Fsp3) is 0.0625. The first-order chi connectivity index (χ1) is 11.7. The Morgan fingerprint density at radius 3 is 1.96 bits per heavy atom. The number of anilines is 2. The first-order valence-corrected chi connectivity index (χ1v) is 8.57. The molecular formula is C16H15N3O5S. The van der Waals surface area contributed by atoms with Crippen LogP contribution in [0.1, 0.15) is 17.3 Å². The van der Waals surface area contributed by atoms with E-state index in [9.17, 15) is 22.8 Å². The van der Waals surface area contributed by atoms with E-state index >= 15 is 0 Å². The Labute approximate surface area is 144 Å². The van der Waals surface area contributed by atoms with Crippen molar-refractivity contribution < 1.29 is 22.8 Å². The number of hydrogen-bond acceptors (Lipinski definition) is 5. The van der Waals surface area contributed by atoms with Crippen LogP contribution in [0.3, 0.4) is 0 Å². The number of Topliss-reactive ketones (excluding diaryl/α,β-unsaturated/α-hetero) is 1. The average molecular weight is 361 g/mol. The maximum atomic E-state index is 11.9. The van der Waals surface area contributed by atoms with Gasteiger partial charge in [0.15, 0.2) is 5.78 Å². The van der Waals surface area contributed by atoms with Gasteiger partial charge in [0.2, 0.25) is 10.0 Å². The average Bonchev–Trinajstić information content (AvgIpc) is 2.54. The van der Waals surface area contributed by atoms with Crippen LogP contribution >= 0.6 is 0 Å². The Morgan fingerprint density at radius 2 is 1.44 bits per heavy atom. The van der Waals surface area contributed by atoms with Crippen LogP contribution in [0, 0.1) is 0 Å². The molecule has 4 N–H and O–H groups in total. The second-order valence-electron chi connectivity index (χ2n) is 5.11. The number of carbonyl (C=O) groups is 3. The quantitative estimate of drug-likeness (QED) is 0.554. The zero-order chi connectivity index (χ0) is 18.6. The summed E-state index contributed by atoms with van der Waals surface area (Å²) >= 11 is 0. The normalized spacial score (nSPS) is 10.8. The number of amides is 2. The van der Waals surface area contributed by atoms with Gasteiger partial charge in [0.25, 0.3) is 0 Å². The molecule has 25 heavy (non-hydrogen) atoms. The van der Waals surface area contributed by atoms with Crippen molar-refractivity contribution in [2.75, 3.05) is 10.6 Å². The summed E-state index contributed by atoms with van der Waals surface area (Å²) in [4.78, 5) is 35.0. The van der Waals surface area contributed by atoms with E-state index in [0.29, 0.717) is 11.3 Å². The van der Waals surface area contributed by atoms with Crippen LogP contribution in [0.5, 0.6) is 0 Å². The van der Waals surface area contributed by atoms with Crippen LogP contribution in [0.4, 0.5) is 11.4 Å². The van der Waals surface area contributed by atoms with Gasteiger partial charge in [-0.25, -0.2) is 13.6 Å². The summed E-state index contributed by atoms with van der Waals surface area (Å²) < 4.78 is 22.3. The predicted octanol–water partition coefficient (Wildman–Crippen LogP) is 1.11.